The summed E-state index contributed by atoms with van der Waals surface area (Å²) in [5.41, 5.74) is 2.58. The quantitative estimate of drug-likeness (QED) is 0.627. The molecule has 5 nitrogen and oxygen atoms in total. The Labute approximate surface area is 165 Å². The lowest BCUT2D eigenvalue weighted by Crippen LogP contribution is -2.12. The van der Waals surface area contributed by atoms with Gasteiger partial charge in [0, 0.05) is 11.2 Å². The second-order valence-electron chi connectivity index (χ2n) is 6.90. The molecule has 3 rings (SSSR count). The van der Waals surface area contributed by atoms with Gasteiger partial charge >= 0.3 is 0 Å². The van der Waals surface area contributed by atoms with Crippen molar-refractivity contribution in [3.05, 3.63) is 77.1 Å². The highest BCUT2D eigenvalue weighted by atomic mass is 35.5. The Hall–Kier alpha value is -2.31. The topological polar surface area (TPSA) is 64.0 Å². The predicted molar refractivity (Wildman–Crippen MR) is 109 cm³/mol. The third-order valence-electron chi connectivity index (χ3n) is 4.02. The highest BCUT2D eigenvalue weighted by molar-refractivity contribution is 7.92. The SMILES string of the molecule is CC(C)Cc1ccc(S(=O)(=O)Nc2cnn(Cc3ccc(Cl)cc3)c2)cc1. The lowest BCUT2D eigenvalue weighted by atomic mass is 10.0. The number of nitrogens with one attached hydrogen (secondary N) is 1. The van der Waals surface area contributed by atoms with E-state index in [4.69, 9.17) is 11.6 Å². The zero-order valence-electron chi connectivity index (χ0n) is 15.3. The Morgan fingerprint density at radius 2 is 1.67 bits per heavy atom. The maximum absolute atomic E-state index is 12.6. The Balaban J connectivity index is 1.69. The number of hydrogen-bond acceptors (Lipinski definition) is 3. The number of aromatic nitrogens is 2. The molecule has 0 saturated carbocycles. The van der Waals surface area contributed by atoms with Crippen LogP contribution in [0.5, 0.6) is 0 Å². The summed E-state index contributed by atoms with van der Waals surface area (Å²) < 4.78 is 29.4. The van der Waals surface area contributed by atoms with Crippen LogP contribution in [0.25, 0.3) is 0 Å². The fourth-order valence-electron chi connectivity index (χ4n) is 2.77. The summed E-state index contributed by atoms with van der Waals surface area (Å²) in [6.07, 6.45) is 4.09. The highest BCUT2D eigenvalue weighted by Gasteiger charge is 2.15. The number of rotatable bonds is 7. The van der Waals surface area contributed by atoms with Crippen molar-refractivity contribution in [1.82, 2.24) is 9.78 Å². The summed E-state index contributed by atoms with van der Waals surface area (Å²) in [5.74, 6) is 0.525. The van der Waals surface area contributed by atoms with E-state index in [9.17, 15) is 8.42 Å². The molecular weight excluding hydrogens is 382 g/mol. The lowest BCUT2D eigenvalue weighted by Gasteiger charge is -2.08. The molecule has 3 aromatic rings. The summed E-state index contributed by atoms with van der Waals surface area (Å²) in [6.45, 7) is 4.80. The summed E-state index contributed by atoms with van der Waals surface area (Å²) in [5, 5.41) is 4.89. The van der Waals surface area contributed by atoms with Gasteiger partial charge in [-0.1, -0.05) is 49.7 Å². The minimum atomic E-state index is -3.64. The average molecular weight is 404 g/mol. The van der Waals surface area contributed by atoms with Crippen molar-refractivity contribution in [3.8, 4) is 0 Å². The van der Waals surface area contributed by atoms with Crippen molar-refractivity contribution < 1.29 is 8.42 Å². The van der Waals surface area contributed by atoms with Gasteiger partial charge in [0.15, 0.2) is 0 Å². The van der Waals surface area contributed by atoms with Gasteiger partial charge in [0.25, 0.3) is 10.0 Å². The Bertz CT molecular complexity index is 994. The minimum absolute atomic E-state index is 0.237. The second-order valence-corrected chi connectivity index (χ2v) is 9.02. The molecule has 0 aliphatic rings. The fraction of sp³-hybridized carbons (Fsp3) is 0.250. The molecule has 0 saturated heterocycles. The maximum Gasteiger partial charge on any atom is 0.261 e. The van der Waals surface area contributed by atoms with Crippen LogP contribution < -0.4 is 4.72 Å². The molecular formula is C20H22ClN3O2S. The molecule has 0 bridgehead atoms. The maximum atomic E-state index is 12.6. The molecule has 0 amide bonds. The first-order chi connectivity index (χ1) is 12.8. The lowest BCUT2D eigenvalue weighted by molar-refractivity contribution is 0.601. The Kier molecular flexibility index (Phi) is 5.87. The van der Waals surface area contributed by atoms with Gasteiger partial charge in [-0.2, -0.15) is 5.10 Å². The number of hydrogen-bond donors (Lipinski definition) is 1. The first kappa shape index (κ1) is 19.5. The molecule has 27 heavy (non-hydrogen) atoms. The van der Waals surface area contributed by atoms with E-state index in [1.54, 1.807) is 23.0 Å². The van der Waals surface area contributed by atoms with Crippen molar-refractivity contribution in [1.29, 1.82) is 0 Å². The average Bonchev–Trinajstić information content (AvgIpc) is 3.03. The van der Waals surface area contributed by atoms with Crippen molar-refractivity contribution in [3.63, 3.8) is 0 Å². The zero-order chi connectivity index (χ0) is 19.4. The summed E-state index contributed by atoms with van der Waals surface area (Å²) in [4.78, 5) is 0.237. The molecule has 2 aromatic carbocycles. The number of halogens is 1. The third kappa shape index (κ3) is 5.34. The third-order valence-corrected chi connectivity index (χ3v) is 5.67. The van der Waals surface area contributed by atoms with E-state index >= 15 is 0 Å². The molecule has 1 heterocycles. The number of anilines is 1. The van der Waals surface area contributed by atoms with Crippen molar-refractivity contribution >= 4 is 27.3 Å². The Morgan fingerprint density at radius 3 is 2.30 bits per heavy atom. The smallest absolute Gasteiger partial charge is 0.261 e. The molecule has 0 aliphatic heterocycles. The van der Waals surface area contributed by atoms with Gasteiger partial charge in [0.1, 0.15) is 0 Å². The van der Waals surface area contributed by atoms with Crippen LogP contribution in [0.1, 0.15) is 25.0 Å². The first-order valence-corrected chi connectivity index (χ1v) is 10.6. The van der Waals surface area contributed by atoms with Crippen LogP contribution in [0.4, 0.5) is 5.69 Å². The monoisotopic (exact) mass is 403 g/mol. The van der Waals surface area contributed by atoms with Crippen molar-refractivity contribution in [2.45, 2.75) is 31.7 Å². The molecule has 0 spiro atoms. The van der Waals surface area contributed by atoms with Crippen LogP contribution in [0.15, 0.2) is 65.8 Å². The van der Waals surface area contributed by atoms with E-state index in [-0.39, 0.29) is 4.90 Å². The van der Waals surface area contributed by atoms with E-state index in [2.05, 4.69) is 23.7 Å². The van der Waals surface area contributed by atoms with Gasteiger partial charge in [-0.3, -0.25) is 9.40 Å². The summed E-state index contributed by atoms with van der Waals surface area (Å²) in [6, 6.07) is 14.4. The van der Waals surface area contributed by atoms with Crippen LogP contribution in [-0.2, 0) is 23.0 Å². The van der Waals surface area contributed by atoms with E-state index in [1.807, 2.05) is 36.4 Å². The highest BCUT2D eigenvalue weighted by Crippen LogP contribution is 2.18. The minimum Gasteiger partial charge on any atom is -0.276 e. The van der Waals surface area contributed by atoms with Crippen LogP contribution in [0.2, 0.25) is 5.02 Å². The van der Waals surface area contributed by atoms with Gasteiger partial charge in [-0.15, -0.1) is 0 Å². The van der Waals surface area contributed by atoms with Gasteiger partial charge in [-0.05, 0) is 47.7 Å². The zero-order valence-corrected chi connectivity index (χ0v) is 16.8. The standard InChI is InChI=1S/C20H22ClN3O2S/c1-15(2)11-16-5-9-20(10-6-16)27(25,26)23-19-12-22-24(14-19)13-17-3-7-18(21)8-4-17/h3-10,12,14-15,23H,11,13H2,1-2H3. The van der Waals surface area contributed by atoms with Crippen LogP contribution in [0, 0.1) is 5.92 Å². The second kappa shape index (κ2) is 8.15. The fourth-order valence-corrected chi connectivity index (χ4v) is 3.92. The molecule has 0 radical (unpaired) electrons. The molecule has 1 aromatic heterocycles. The summed E-state index contributed by atoms with van der Waals surface area (Å²) >= 11 is 5.88. The molecule has 7 heteroatoms. The van der Waals surface area contributed by atoms with Crippen molar-refractivity contribution in [2.24, 2.45) is 5.92 Å². The molecule has 0 atom stereocenters. The number of benzene rings is 2. The van der Waals surface area contributed by atoms with Gasteiger partial charge in [-0.25, -0.2) is 8.42 Å². The van der Waals surface area contributed by atoms with Gasteiger partial charge < -0.3 is 0 Å². The molecule has 0 aliphatic carbocycles. The molecule has 142 valence electrons. The van der Waals surface area contributed by atoms with E-state index in [1.165, 1.54) is 6.20 Å². The normalized spacial score (nSPS) is 11.7. The van der Waals surface area contributed by atoms with Crippen LogP contribution in [0.3, 0.4) is 0 Å². The van der Waals surface area contributed by atoms with Gasteiger partial charge in [0.2, 0.25) is 0 Å². The number of nitrogens with zero attached hydrogens (tertiary/aromatic N) is 2. The summed E-state index contributed by atoms with van der Waals surface area (Å²) in [7, 11) is -3.64. The first-order valence-electron chi connectivity index (χ1n) is 8.70. The number of sulfonamides is 1. The van der Waals surface area contributed by atoms with Crippen LogP contribution >= 0.6 is 11.6 Å². The predicted octanol–water partition coefficient (Wildman–Crippen LogP) is 4.58. The van der Waals surface area contributed by atoms with E-state index < -0.39 is 10.0 Å². The Morgan fingerprint density at radius 1 is 1.04 bits per heavy atom. The van der Waals surface area contributed by atoms with Crippen molar-refractivity contribution in [2.75, 3.05) is 4.72 Å². The molecule has 1 N–H and O–H groups in total. The van der Waals surface area contributed by atoms with E-state index in [0.29, 0.717) is 23.2 Å². The molecule has 0 fully saturated rings. The largest absolute Gasteiger partial charge is 0.276 e. The molecule has 0 unspecified atom stereocenters. The van der Waals surface area contributed by atoms with Gasteiger partial charge in [0.05, 0.1) is 23.3 Å². The van der Waals surface area contributed by atoms with Crippen LogP contribution in [-0.4, -0.2) is 18.2 Å². The van der Waals surface area contributed by atoms with E-state index in [0.717, 1.165) is 17.5 Å².